The van der Waals surface area contributed by atoms with E-state index in [1.54, 1.807) is 0 Å². The molecule has 1 N–H and O–H groups in total. The standard InChI is InChI=1S/C20H22F6N4O2/c21-19(22,23)14-4-3-5-15(12-14)30-17(20(24,25)26)16(13-28-30)18(31)27-6-1-2-7-29-8-10-32-11-9-29/h3-5,12-13H,1-2,6-11H2,(H,27,31). The quantitative estimate of drug-likeness (QED) is 0.501. The third kappa shape index (κ3) is 6.00. The molecule has 6 nitrogen and oxygen atoms in total. The molecule has 0 spiro atoms. The molecule has 32 heavy (non-hydrogen) atoms. The molecular formula is C20H22F6N4O2. The van der Waals surface area contributed by atoms with Gasteiger partial charge in [0.25, 0.3) is 5.91 Å². The van der Waals surface area contributed by atoms with Crippen LogP contribution in [0.25, 0.3) is 5.69 Å². The summed E-state index contributed by atoms with van der Waals surface area (Å²) in [7, 11) is 0. The van der Waals surface area contributed by atoms with Crippen molar-refractivity contribution in [2.24, 2.45) is 0 Å². The molecule has 2 aromatic rings. The molecule has 2 heterocycles. The molecule has 0 unspecified atom stereocenters. The van der Waals surface area contributed by atoms with Crippen molar-refractivity contribution in [2.75, 3.05) is 39.4 Å². The van der Waals surface area contributed by atoms with Crippen LogP contribution < -0.4 is 5.32 Å². The van der Waals surface area contributed by atoms with E-state index in [1.807, 2.05) is 0 Å². The normalized spacial score (nSPS) is 15.7. The van der Waals surface area contributed by atoms with Gasteiger partial charge in [0, 0.05) is 19.6 Å². The van der Waals surface area contributed by atoms with Crippen molar-refractivity contribution in [2.45, 2.75) is 25.2 Å². The number of morpholine rings is 1. The molecule has 1 amide bonds. The smallest absolute Gasteiger partial charge is 0.379 e. The Bertz CT molecular complexity index is 920. The highest BCUT2D eigenvalue weighted by atomic mass is 19.4. The number of carbonyl (C=O) groups excluding carboxylic acids is 1. The largest absolute Gasteiger partial charge is 0.434 e. The molecule has 0 saturated carbocycles. The lowest BCUT2D eigenvalue weighted by atomic mass is 10.1. The van der Waals surface area contributed by atoms with Crippen molar-refractivity contribution < 1.29 is 35.9 Å². The molecule has 12 heteroatoms. The highest BCUT2D eigenvalue weighted by Crippen LogP contribution is 2.35. The molecule has 0 radical (unpaired) electrons. The number of halogens is 6. The van der Waals surface area contributed by atoms with Gasteiger partial charge in [0.05, 0.1) is 36.2 Å². The van der Waals surface area contributed by atoms with Gasteiger partial charge in [0.15, 0.2) is 5.69 Å². The Morgan fingerprint density at radius 1 is 1.06 bits per heavy atom. The first-order valence-electron chi connectivity index (χ1n) is 9.98. The van der Waals surface area contributed by atoms with Crippen molar-refractivity contribution in [3.8, 4) is 5.69 Å². The van der Waals surface area contributed by atoms with Crippen LogP contribution in [0.3, 0.4) is 0 Å². The SMILES string of the molecule is O=C(NCCCCN1CCOCC1)c1cnn(-c2cccc(C(F)(F)F)c2)c1C(F)(F)F. The number of benzene rings is 1. The van der Waals surface area contributed by atoms with E-state index in [4.69, 9.17) is 4.74 Å². The summed E-state index contributed by atoms with van der Waals surface area (Å²) >= 11 is 0. The molecule has 176 valence electrons. The van der Waals surface area contributed by atoms with Gasteiger partial charge in [-0.3, -0.25) is 9.69 Å². The topological polar surface area (TPSA) is 59.4 Å². The molecule has 1 fully saturated rings. The summed E-state index contributed by atoms with van der Waals surface area (Å²) in [6.07, 6.45) is -7.72. The fourth-order valence-electron chi connectivity index (χ4n) is 3.38. The summed E-state index contributed by atoms with van der Waals surface area (Å²) in [5.41, 5.74) is -3.74. The Morgan fingerprint density at radius 3 is 2.44 bits per heavy atom. The summed E-state index contributed by atoms with van der Waals surface area (Å²) in [5, 5.41) is 5.99. The maximum absolute atomic E-state index is 13.7. The van der Waals surface area contributed by atoms with E-state index in [2.05, 4.69) is 15.3 Å². The number of unbranched alkanes of at least 4 members (excludes halogenated alkanes) is 1. The Hall–Kier alpha value is -2.60. The number of nitrogens with zero attached hydrogens (tertiary/aromatic N) is 3. The summed E-state index contributed by atoms with van der Waals surface area (Å²) in [5.74, 6) is -0.984. The minimum absolute atomic E-state index is 0.162. The monoisotopic (exact) mass is 464 g/mol. The fraction of sp³-hybridized carbons (Fsp3) is 0.500. The summed E-state index contributed by atoms with van der Waals surface area (Å²) in [6.45, 7) is 3.90. The number of carbonyl (C=O) groups is 1. The molecule has 0 aliphatic carbocycles. The predicted octanol–water partition coefficient (Wildman–Crippen LogP) is 3.75. The maximum Gasteiger partial charge on any atom is 0.434 e. The maximum atomic E-state index is 13.7. The van der Waals surface area contributed by atoms with Gasteiger partial charge in [-0.25, -0.2) is 4.68 Å². The number of hydrogen-bond donors (Lipinski definition) is 1. The first-order valence-corrected chi connectivity index (χ1v) is 9.98. The molecule has 0 bridgehead atoms. The minimum Gasteiger partial charge on any atom is -0.379 e. The first-order chi connectivity index (χ1) is 15.1. The lowest BCUT2D eigenvalue weighted by molar-refractivity contribution is -0.143. The Kier molecular flexibility index (Phi) is 7.44. The molecule has 1 aromatic heterocycles. The van der Waals surface area contributed by atoms with Gasteiger partial charge < -0.3 is 10.1 Å². The molecule has 1 aromatic carbocycles. The van der Waals surface area contributed by atoms with Crippen LogP contribution in [0, 0.1) is 0 Å². The van der Waals surface area contributed by atoms with Crippen LogP contribution in [-0.2, 0) is 17.1 Å². The van der Waals surface area contributed by atoms with Crippen molar-refractivity contribution in [3.63, 3.8) is 0 Å². The van der Waals surface area contributed by atoms with Gasteiger partial charge in [-0.15, -0.1) is 0 Å². The van der Waals surface area contributed by atoms with Crippen molar-refractivity contribution in [1.29, 1.82) is 0 Å². The van der Waals surface area contributed by atoms with Gasteiger partial charge in [-0.1, -0.05) is 6.07 Å². The molecule has 1 aliphatic rings. The zero-order chi connectivity index (χ0) is 23.4. The van der Waals surface area contributed by atoms with Crippen LogP contribution in [0.5, 0.6) is 0 Å². The highest BCUT2D eigenvalue weighted by Gasteiger charge is 2.41. The van der Waals surface area contributed by atoms with E-state index in [0.717, 1.165) is 44.3 Å². The second-order valence-electron chi connectivity index (χ2n) is 7.28. The lowest BCUT2D eigenvalue weighted by Gasteiger charge is -2.26. The van der Waals surface area contributed by atoms with Crippen LogP contribution >= 0.6 is 0 Å². The summed E-state index contributed by atoms with van der Waals surface area (Å²) < 4.78 is 85.5. The zero-order valence-electron chi connectivity index (χ0n) is 17.0. The van der Waals surface area contributed by atoms with Crippen LogP contribution in [-0.4, -0.2) is 60.0 Å². The van der Waals surface area contributed by atoms with E-state index in [-0.39, 0.29) is 6.54 Å². The second kappa shape index (κ2) is 9.90. The molecule has 1 aliphatic heterocycles. The van der Waals surface area contributed by atoms with Gasteiger partial charge in [-0.2, -0.15) is 31.4 Å². The van der Waals surface area contributed by atoms with E-state index < -0.39 is 40.8 Å². The number of alkyl halides is 6. The number of rotatable bonds is 7. The third-order valence-corrected chi connectivity index (χ3v) is 4.99. The molecular weight excluding hydrogens is 442 g/mol. The number of nitrogens with one attached hydrogen (secondary N) is 1. The van der Waals surface area contributed by atoms with E-state index >= 15 is 0 Å². The van der Waals surface area contributed by atoms with Crippen LogP contribution in [0.2, 0.25) is 0 Å². The third-order valence-electron chi connectivity index (χ3n) is 4.99. The average Bonchev–Trinajstić information content (AvgIpc) is 3.20. The van der Waals surface area contributed by atoms with Crippen LogP contribution in [0.1, 0.15) is 34.5 Å². The fourth-order valence-corrected chi connectivity index (χ4v) is 3.38. The summed E-state index contributed by atoms with van der Waals surface area (Å²) in [6, 6.07) is 3.33. The number of hydrogen-bond acceptors (Lipinski definition) is 4. The predicted molar refractivity (Wildman–Crippen MR) is 102 cm³/mol. The Labute approximate surface area is 180 Å². The molecule has 3 rings (SSSR count). The van der Waals surface area contributed by atoms with E-state index in [9.17, 15) is 31.1 Å². The average molecular weight is 464 g/mol. The van der Waals surface area contributed by atoms with Gasteiger partial charge >= 0.3 is 12.4 Å². The Morgan fingerprint density at radius 2 is 1.78 bits per heavy atom. The van der Waals surface area contributed by atoms with Crippen molar-refractivity contribution >= 4 is 5.91 Å². The number of ether oxygens (including phenoxy) is 1. The van der Waals surface area contributed by atoms with Gasteiger partial charge in [0.2, 0.25) is 0 Å². The number of aromatic nitrogens is 2. The van der Waals surface area contributed by atoms with E-state index in [0.29, 0.717) is 36.6 Å². The number of amides is 1. The summed E-state index contributed by atoms with van der Waals surface area (Å²) in [4.78, 5) is 14.6. The molecule has 0 atom stereocenters. The van der Waals surface area contributed by atoms with Gasteiger partial charge in [0.1, 0.15) is 0 Å². The Balaban J connectivity index is 1.69. The zero-order valence-corrected chi connectivity index (χ0v) is 17.0. The second-order valence-corrected chi connectivity index (χ2v) is 7.28. The lowest BCUT2D eigenvalue weighted by Crippen LogP contribution is -2.37. The van der Waals surface area contributed by atoms with Crippen molar-refractivity contribution in [1.82, 2.24) is 20.0 Å². The minimum atomic E-state index is -5.01. The highest BCUT2D eigenvalue weighted by molar-refractivity contribution is 5.95. The van der Waals surface area contributed by atoms with Crippen LogP contribution in [0.15, 0.2) is 30.5 Å². The first kappa shape index (κ1) is 24.1. The van der Waals surface area contributed by atoms with E-state index in [1.165, 1.54) is 0 Å². The van der Waals surface area contributed by atoms with Gasteiger partial charge in [-0.05, 0) is 37.6 Å². The van der Waals surface area contributed by atoms with Crippen molar-refractivity contribution in [3.05, 3.63) is 47.3 Å². The van der Waals surface area contributed by atoms with Crippen LogP contribution in [0.4, 0.5) is 26.3 Å². The molecule has 1 saturated heterocycles.